The van der Waals surface area contributed by atoms with Gasteiger partial charge in [-0.05, 0) is 18.8 Å². The molecule has 0 saturated heterocycles. The van der Waals surface area contributed by atoms with Crippen molar-refractivity contribution in [2.75, 3.05) is 0 Å². The number of carboxylic acid groups (broad SMARTS) is 2. The van der Waals surface area contributed by atoms with Crippen molar-refractivity contribution in [2.24, 2.45) is 5.92 Å². The van der Waals surface area contributed by atoms with Crippen LogP contribution in [0.1, 0.15) is 39.5 Å². The summed E-state index contributed by atoms with van der Waals surface area (Å²) in [4.78, 5) is 32.4. The standard InChI is InChI=1S/C11H19NO5/c1-7(2)10(11(16)17)12-8(13)5-3-4-6-9(14)15/h7,10H,3-6H2,1-2H3,(H,12,13)(H,14,15)(H,16,17)/t10-/m0/s1. The molecule has 0 aliphatic carbocycles. The first-order valence-corrected chi connectivity index (χ1v) is 5.58. The van der Waals surface area contributed by atoms with E-state index in [0.717, 1.165) is 0 Å². The van der Waals surface area contributed by atoms with Crippen LogP contribution in [0.3, 0.4) is 0 Å². The second kappa shape index (κ2) is 7.65. The van der Waals surface area contributed by atoms with Crippen LogP contribution in [0.5, 0.6) is 0 Å². The summed E-state index contributed by atoms with van der Waals surface area (Å²) in [7, 11) is 0. The van der Waals surface area contributed by atoms with Crippen LogP contribution in [0.25, 0.3) is 0 Å². The van der Waals surface area contributed by atoms with Crippen LogP contribution >= 0.6 is 0 Å². The van der Waals surface area contributed by atoms with Gasteiger partial charge in [0.15, 0.2) is 0 Å². The lowest BCUT2D eigenvalue weighted by Crippen LogP contribution is -2.44. The van der Waals surface area contributed by atoms with Gasteiger partial charge in [0.2, 0.25) is 5.91 Å². The molecule has 0 bridgehead atoms. The quantitative estimate of drug-likeness (QED) is 0.550. The molecule has 0 aliphatic rings. The van der Waals surface area contributed by atoms with Gasteiger partial charge in [-0.2, -0.15) is 0 Å². The number of hydrogen-bond acceptors (Lipinski definition) is 3. The Morgan fingerprint density at radius 3 is 2.00 bits per heavy atom. The molecule has 17 heavy (non-hydrogen) atoms. The molecule has 0 aliphatic heterocycles. The molecule has 0 radical (unpaired) electrons. The normalized spacial score (nSPS) is 12.2. The first-order valence-electron chi connectivity index (χ1n) is 5.58. The molecular weight excluding hydrogens is 226 g/mol. The maximum Gasteiger partial charge on any atom is 0.326 e. The van der Waals surface area contributed by atoms with E-state index in [1.807, 2.05) is 0 Å². The maximum absolute atomic E-state index is 11.4. The third-order valence-electron chi connectivity index (χ3n) is 2.29. The molecule has 0 aromatic rings. The van der Waals surface area contributed by atoms with Crippen molar-refractivity contribution in [3.63, 3.8) is 0 Å². The maximum atomic E-state index is 11.4. The lowest BCUT2D eigenvalue weighted by Gasteiger charge is -2.17. The van der Waals surface area contributed by atoms with Gasteiger partial charge in [-0.25, -0.2) is 4.79 Å². The molecular formula is C11H19NO5. The van der Waals surface area contributed by atoms with Crippen LogP contribution in [-0.4, -0.2) is 34.1 Å². The summed E-state index contributed by atoms with van der Waals surface area (Å²) in [6.07, 6.45) is 1.05. The van der Waals surface area contributed by atoms with E-state index < -0.39 is 18.0 Å². The summed E-state index contributed by atoms with van der Waals surface area (Å²) in [5.41, 5.74) is 0. The lowest BCUT2D eigenvalue weighted by molar-refractivity contribution is -0.143. The van der Waals surface area contributed by atoms with Crippen molar-refractivity contribution in [1.29, 1.82) is 0 Å². The highest BCUT2D eigenvalue weighted by Gasteiger charge is 2.22. The van der Waals surface area contributed by atoms with Crippen molar-refractivity contribution in [1.82, 2.24) is 5.32 Å². The molecule has 6 nitrogen and oxygen atoms in total. The Balaban J connectivity index is 3.91. The molecule has 0 saturated carbocycles. The largest absolute Gasteiger partial charge is 0.481 e. The topological polar surface area (TPSA) is 104 Å². The second-order valence-corrected chi connectivity index (χ2v) is 4.23. The Hall–Kier alpha value is -1.59. The zero-order valence-electron chi connectivity index (χ0n) is 10.1. The van der Waals surface area contributed by atoms with Crippen LogP contribution in [-0.2, 0) is 14.4 Å². The van der Waals surface area contributed by atoms with E-state index >= 15 is 0 Å². The van der Waals surface area contributed by atoms with Gasteiger partial charge in [-0.3, -0.25) is 9.59 Å². The van der Waals surface area contributed by atoms with Crippen molar-refractivity contribution < 1.29 is 24.6 Å². The number of amides is 1. The van der Waals surface area contributed by atoms with Crippen LogP contribution in [0, 0.1) is 5.92 Å². The number of nitrogens with one attached hydrogen (secondary N) is 1. The van der Waals surface area contributed by atoms with Gasteiger partial charge in [-0.15, -0.1) is 0 Å². The molecule has 1 amide bonds. The Kier molecular flexibility index (Phi) is 6.93. The SMILES string of the molecule is CC(C)[C@H](NC(=O)CCCCC(=O)O)C(=O)O. The molecule has 6 heteroatoms. The van der Waals surface area contributed by atoms with Gasteiger partial charge in [0.25, 0.3) is 0 Å². The first-order chi connectivity index (χ1) is 7.84. The van der Waals surface area contributed by atoms with E-state index in [4.69, 9.17) is 10.2 Å². The Morgan fingerprint density at radius 2 is 1.59 bits per heavy atom. The zero-order chi connectivity index (χ0) is 13.4. The highest BCUT2D eigenvalue weighted by Crippen LogP contribution is 2.04. The van der Waals surface area contributed by atoms with Crippen molar-refractivity contribution >= 4 is 17.8 Å². The minimum absolute atomic E-state index is 0.0276. The number of rotatable bonds is 8. The van der Waals surface area contributed by atoms with Crippen LogP contribution in [0.2, 0.25) is 0 Å². The molecule has 0 unspecified atom stereocenters. The predicted molar refractivity (Wildman–Crippen MR) is 60.5 cm³/mol. The third-order valence-corrected chi connectivity index (χ3v) is 2.29. The van der Waals surface area contributed by atoms with Gasteiger partial charge < -0.3 is 15.5 Å². The summed E-state index contributed by atoms with van der Waals surface area (Å²) in [6.45, 7) is 3.42. The average molecular weight is 245 g/mol. The van der Waals surface area contributed by atoms with Crippen LogP contribution in [0.4, 0.5) is 0 Å². The van der Waals surface area contributed by atoms with Gasteiger partial charge in [-0.1, -0.05) is 13.8 Å². The molecule has 0 rings (SSSR count). The van der Waals surface area contributed by atoms with E-state index in [-0.39, 0.29) is 24.7 Å². The molecule has 98 valence electrons. The van der Waals surface area contributed by atoms with E-state index in [2.05, 4.69) is 5.32 Å². The highest BCUT2D eigenvalue weighted by molar-refractivity contribution is 5.83. The highest BCUT2D eigenvalue weighted by atomic mass is 16.4. The number of hydrogen-bond donors (Lipinski definition) is 3. The van der Waals surface area contributed by atoms with Gasteiger partial charge in [0.05, 0.1) is 0 Å². The zero-order valence-corrected chi connectivity index (χ0v) is 10.1. The van der Waals surface area contributed by atoms with Crippen molar-refractivity contribution in [2.45, 2.75) is 45.6 Å². The van der Waals surface area contributed by atoms with Gasteiger partial charge in [0.1, 0.15) is 6.04 Å². The Morgan fingerprint density at radius 1 is 1.06 bits per heavy atom. The van der Waals surface area contributed by atoms with Crippen molar-refractivity contribution in [3.8, 4) is 0 Å². The summed E-state index contributed by atoms with van der Waals surface area (Å²) in [5, 5.41) is 19.7. The molecule has 0 aromatic heterocycles. The number of carboxylic acids is 2. The summed E-state index contributed by atoms with van der Waals surface area (Å²) in [6, 6.07) is -0.887. The monoisotopic (exact) mass is 245 g/mol. The smallest absolute Gasteiger partial charge is 0.326 e. The molecule has 3 N–H and O–H groups in total. The van der Waals surface area contributed by atoms with Crippen molar-refractivity contribution in [3.05, 3.63) is 0 Å². The number of unbranched alkanes of at least 4 members (excludes halogenated alkanes) is 1. The molecule has 0 fully saturated rings. The number of aliphatic carboxylic acids is 2. The van der Waals surface area contributed by atoms with Gasteiger partial charge >= 0.3 is 11.9 Å². The van der Waals surface area contributed by atoms with Crippen LogP contribution in [0.15, 0.2) is 0 Å². The minimum atomic E-state index is -1.06. The minimum Gasteiger partial charge on any atom is -0.481 e. The van der Waals surface area contributed by atoms with Gasteiger partial charge in [0, 0.05) is 12.8 Å². The van der Waals surface area contributed by atoms with E-state index in [1.165, 1.54) is 0 Å². The Labute approximate surface area is 100 Å². The number of carbonyl (C=O) groups is 3. The summed E-state index contributed by atoms with van der Waals surface area (Å²) in [5.74, 6) is -2.48. The fraction of sp³-hybridized carbons (Fsp3) is 0.727. The molecule has 0 spiro atoms. The van der Waals surface area contributed by atoms with Crippen LogP contribution < -0.4 is 5.32 Å². The van der Waals surface area contributed by atoms with E-state index in [1.54, 1.807) is 13.8 Å². The predicted octanol–water partition coefficient (Wildman–Crippen LogP) is 0.857. The molecule has 0 aromatic carbocycles. The van der Waals surface area contributed by atoms with E-state index in [9.17, 15) is 14.4 Å². The summed E-state index contributed by atoms with van der Waals surface area (Å²) >= 11 is 0. The molecule has 1 atom stereocenters. The second-order valence-electron chi connectivity index (χ2n) is 4.23. The lowest BCUT2D eigenvalue weighted by atomic mass is 10.0. The third kappa shape index (κ3) is 7.32. The summed E-state index contributed by atoms with van der Waals surface area (Å²) < 4.78 is 0. The fourth-order valence-electron chi connectivity index (χ4n) is 1.32. The van der Waals surface area contributed by atoms with E-state index in [0.29, 0.717) is 12.8 Å². The number of carbonyl (C=O) groups excluding carboxylic acids is 1. The fourth-order valence-corrected chi connectivity index (χ4v) is 1.32. The Bertz CT molecular complexity index is 288. The average Bonchev–Trinajstić information content (AvgIpc) is 2.19. The first kappa shape index (κ1) is 15.4. The molecule has 0 heterocycles.